The Morgan fingerprint density at radius 2 is 2.00 bits per heavy atom. The lowest BCUT2D eigenvalue weighted by Gasteiger charge is -2.23. The molecule has 2 N–H and O–H groups in total. The van der Waals surface area contributed by atoms with E-state index >= 15 is 0 Å². The molecule has 0 spiro atoms. The second-order valence-electron chi connectivity index (χ2n) is 3.19. The normalized spacial score (nSPS) is 16.2. The van der Waals surface area contributed by atoms with Crippen molar-refractivity contribution in [1.82, 2.24) is 4.90 Å². The zero-order valence-electron chi connectivity index (χ0n) is 7.82. The van der Waals surface area contributed by atoms with Crippen LogP contribution in [0.2, 0.25) is 0 Å². The van der Waals surface area contributed by atoms with Crippen molar-refractivity contribution < 1.29 is 15.0 Å². The number of carbonyl (C=O) groups excluding carboxylic acids is 1. The van der Waals surface area contributed by atoms with Gasteiger partial charge in [0.1, 0.15) is 6.61 Å². The van der Waals surface area contributed by atoms with Crippen LogP contribution in [0.3, 0.4) is 0 Å². The van der Waals surface area contributed by atoms with Crippen molar-refractivity contribution in [3.8, 4) is 0 Å². The summed E-state index contributed by atoms with van der Waals surface area (Å²) < 4.78 is 0. The zero-order valence-corrected chi connectivity index (χ0v) is 7.82. The fourth-order valence-electron chi connectivity index (χ4n) is 1.06. The molecule has 0 aliphatic carbocycles. The van der Waals surface area contributed by atoms with E-state index in [-0.39, 0.29) is 11.8 Å². The third-order valence-electron chi connectivity index (χ3n) is 1.72. The highest BCUT2D eigenvalue weighted by Crippen LogP contribution is 2.04. The molecular weight excluding hydrogens is 158 g/mol. The third kappa shape index (κ3) is 3.80. The Morgan fingerprint density at radius 1 is 1.50 bits per heavy atom. The Labute approximate surface area is 72.8 Å². The Bertz CT molecular complexity index is 145. The molecule has 4 heteroatoms. The van der Waals surface area contributed by atoms with E-state index in [4.69, 9.17) is 10.2 Å². The molecule has 0 aromatic heterocycles. The lowest BCUT2D eigenvalue weighted by Crippen LogP contribution is -2.39. The van der Waals surface area contributed by atoms with Gasteiger partial charge in [0.15, 0.2) is 5.78 Å². The van der Waals surface area contributed by atoms with Crippen molar-refractivity contribution in [2.75, 3.05) is 20.7 Å². The topological polar surface area (TPSA) is 60.8 Å². The number of aliphatic hydroxyl groups excluding tert-OH is 2. The largest absolute Gasteiger partial charge is 0.393 e. The molecule has 0 aliphatic rings. The molecule has 0 amide bonds. The van der Waals surface area contributed by atoms with Gasteiger partial charge in [0.05, 0.1) is 12.1 Å². The maximum Gasteiger partial charge on any atom is 0.175 e. The summed E-state index contributed by atoms with van der Waals surface area (Å²) in [4.78, 5) is 12.8. The van der Waals surface area contributed by atoms with E-state index in [1.165, 1.54) is 0 Å². The van der Waals surface area contributed by atoms with Crippen LogP contribution in [0.1, 0.15) is 13.3 Å². The fourth-order valence-corrected chi connectivity index (χ4v) is 1.06. The number of rotatable bonds is 5. The molecule has 0 rings (SSSR count). The minimum atomic E-state index is -0.520. The minimum absolute atomic E-state index is 0.249. The molecule has 0 aromatic carbocycles. The average molecular weight is 175 g/mol. The first-order chi connectivity index (χ1) is 5.49. The van der Waals surface area contributed by atoms with Crippen molar-refractivity contribution in [3.05, 3.63) is 0 Å². The number of Topliss-reactive ketones (excluding diaryl/α,β-unsaturated/α-hetero) is 1. The van der Waals surface area contributed by atoms with E-state index in [2.05, 4.69) is 0 Å². The lowest BCUT2D eigenvalue weighted by atomic mass is 10.1. The molecule has 0 bridgehead atoms. The van der Waals surface area contributed by atoms with Crippen molar-refractivity contribution >= 4 is 5.78 Å². The maximum atomic E-state index is 11.1. The Kier molecular flexibility index (Phi) is 5.04. The van der Waals surface area contributed by atoms with Gasteiger partial charge in [-0.05, 0) is 27.4 Å². The summed E-state index contributed by atoms with van der Waals surface area (Å²) in [5, 5.41) is 17.7. The van der Waals surface area contributed by atoms with Crippen LogP contribution in [0.5, 0.6) is 0 Å². The Balaban J connectivity index is 4.13. The molecule has 12 heavy (non-hydrogen) atoms. The van der Waals surface area contributed by atoms with E-state index in [0.29, 0.717) is 6.42 Å². The number of ketones is 1. The highest BCUT2D eigenvalue weighted by Gasteiger charge is 2.21. The van der Waals surface area contributed by atoms with Gasteiger partial charge in [-0.25, -0.2) is 0 Å². The third-order valence-corrected chi connectivity index (χ3v) is 1.72. The first-order valence-electron chi connectivity index (χ1n) is 3.97. The van der Waals surface area contributed by atoms with E-state index in [0.717, 1.165) is 0 Å². The van der Waals surface area contributed by atoms with Crippen LogP contribution in [0.25, 0.3) is 0 Å². The second kappa shape index (κ2) is 5.24. The quantitative estimate of drug-likeness (QED) is 0.577. The summed E-state index contributed by atoms with van der Waals surface area (Å²) >= 11 is 0. The molecule has 0 fully saturated rings. The number of hydrogen-bond acceptors (Lipinski definition) is 4. The van der Waals surface area contributed by atoms with Crippen LogP contribution in [0.15, 0.2) is 0 Å². The predicted octanol–water partition coefficient (Wildman–Crippen LogP) is -0.751. The number of aliphatic hydroxyl groups is 2. The molecule has 0 saturated carbocycles. The SMILES string of the molecule is C[C@@H](O)C[C@@H](C(=O)CO)N(C)C. The van der Waals surface area contributed by atoms with Crippen LogP contribution in [0, 0.1) is 0 Å². The van der Waals surface area contributed by atoms with Crippen molar-refractivity contribution in [3.63, 3.8) is 0 Å². The van der Waals surface area contributed by atoms with Gasteiger partial charge >= 0.3 is 0 Å². The fraction of sp³-hybridized carbons (Fsp3) is 0.875. The van der Waals surface area contributed by atoms with Gasteiger partial charge in [0.25, 0.3) is 0 Å². The average Bonchev–Trinajstić information content (AvgIpc) is 1.98. The highest BCUT2D eigenvalue weighted by atomic mass is 16.3. The zero-order chi connectivity index (χ0) is 9.72. The molecule has 0 aromatic rings. The molecule has 72 valence electrons. The van der Waals surface area contributed by atoms with Crippen LogP contribution >= 0.6 is 0 Å². The number of likely N-dealkylation sites (N-methyl/N-ethyl adjacent to an activating group) is 1. The smallest absolute Gasteiger partial charge is 0.175 e. The molecular formula is C8H17NO3. The Hall–Kier alpha value is -0.450. The number of carbonyl (C=O) groups is 1. The predicted molar refractivity (Wildman–Crippen MR) is 45.9 cm³/mol. The van der Waals surface area contributed by atoms with Crippen LogP contribution < -0.4 is 0 Å². The minimum Gasteiger partial charge on any atom is -0.393 e. The Morgan fingerprint density at radius 3 is 2.25 bits per heavy atom. The van der Waals surface area contributed by atoms with Crippen molar-refractivity contribution in [2.24, 2.45) is 0 Å². The summed E-state index contributed by atoms with van der Waals surface area (Å²) in [5.41, 5.74) is 0. The van der Waals surface area contributed by atoms with Gasteiger partial charge in [-0.1, -0.05) is 0 Å². The summed E-state index contributed by atoms with van der Waals surface area (Å²) in [7, 11) is 3.50. The summed E-state index contributed by atoms with van der Waals surface area (Å²) in [5.74, 6) is -0.249. The first kappa shape index (κ1) is 11.6. The molecule has 0 saturated heterocycles. The highest BCUT2D eigenvalue weighted by molar-refractivity contribution is 5.84. The van der Waals surface area contributed by atoms with Gasteiger partial charge in [-0.15, -0.1) is 0 Å². The van der Waals surface area contributed by atoms with Crippen LogP contribution in [-0.2, 0) is 4.79 Å². The van der Waals surface area contributed by atoms with Crippen molar-refractivity contribution in [2.45, 2.75) is 25.5 Å². The molecule has 4 nitrogen and oxygen atoms in total. The van der Waals surface area contributed by atoms with Gasteiger partial charge in [-0.2, -0.15) is 0 Å². The van der Waals surface area contributed by atoms with E-state index in [1.54, 1.807) is 25.9 Å². The van der Waals surface area contributed by atoms with Gasteiger partial charge < -0.3 is 10.2 Å². The van der Waals surface area contributed by atoms with E-state index < -0.39 is 12.7 Å². The first-order valence-corrected chi connectivity index (χ1v) is 3.97. The van der Waals surface area contributed by atoms with E-state index in [1.807, 2.05) is 0 Å². The van der Waals surface area contributed by atoms with Gasteiger partial charge in [0.2, 0.25) is 0 Å². The summed E-state index contributed by atoms with van der Waals surface area (Å²) in [6, 6.07) is -0.380. The molecule has 0 unspecified atom stereocenters. The second-order valence-corrected chi connectivity index (χ2v) is 3.19. The lowest BCUT2D eigenvalue weighted by molar-refractivity contribution is -0.127. The maximum absolute atomic E-state index is 11.1. The summed E-state index contributed by atoms with van der Waals surface area (Å²) in [6.45, 7) is 1.16. The number of hydrogen-bond donors (Lipinski definition) is 2. The standard InChI is InChI=1S/C8H17NO3/c1-6(11)4-7(9(2)3)8(12)5-10/h6-7,10-11H,4-5H2,1-3H3/t6-,7+/m1/s1. The van der Waals surface area contributed by atoms with Crippen LogP contribution in [-0.4, -0.2) is 53.7 Å². The van der Waals surface area contributed by atoms with Gasteiger partial charge in [0, 0.05) is 0 Å². The van der Waals surface area contributed by atoms with Gasteiger partial charge in [-0.3, -0.25) is 9.69 Å². The van der Waals surface area contributed by atoms with Crippen LogP contribution in [0.4, 0.5) is 0 Å². The molecule has 0 radical (unpaired) electrons. The van der Waals surface area contributed by atoms with E-state index in [9.17, 15) is 4.79 Å². The van der Waals surface area contributed by atoms with Crippen molar-refractivity contribution in [1.29, 1.82) is 0 Å². The molecule has 2 atom stereocenters. The molecule has 0 aliphatic heterocycles. The monoisotopic (exact) mass is 175 g/mol. The molecule has 0 heterocycles. The number of nitrogens with zero attached hydrogens (tertiary/aromatic N) is 1. The summed E-state index contributed by atoms with van der Waals surface area (Å²) in [6.07, 6.45) is -0.153.